The number of nitrogens with one attached hydrogen (secondary N) is 2. The van der Waals surface area contributed by atoms with Crippen molar-refractivity contribution in [1.82, 2.24) is 10.3 Å². The number of aliphatic imine (C=N–C) groups is 1. The Bertz CT molecular complexity index is 1230. The van der Waals surface area contributed by atoms with Crippen LogP contribution < -0.4 is 10.2 Å². The molecule has 2 N–H and O–H groups in total. The predicted molar refractivity (Wildman–Crippen MR) is 117 cm³/mol. The van der Waals surface area contributed by atoms with Crippen molar-refractivity contribution in [2.45, 2.75) is 19.2 Å². The van der Waals surface area contributed by atoms with Gasteiger partial charge in [-0.2, -0.15) is 0 Å². The van der Waals surface area contributed by atoms with Crippen LogP contribution in [0.5, 0.6) is 0 Å². The molecule has 2 aliphatic rings. The largest absolute Gasteiger partial charge is 0.376 e. The third-order valence-electron chi connectivity index (χ3n) is 5.73. The highest BCUT2D eigenvalue weighted by Crippen LogP contribution is 2.28. The second-order valence-electron chi connectivity index (χ2n) is 7.74. The monoisotopic (exact) mass is 432 g/mol. The van der Waals surface area contributed by atoms with Crippen molar-refractivity contribution in [2.75, 3.05) is 18.6 Å². The first-order valence-corrected chi connectivity index (χ1v) is 10.3. The maximum atomic E-state index is 14.7. The predicted octanol–water partition coefficient (Wildman–Crippen LogP) is 2.80. The highest BCUT2D eigenvalue weighted by Gasteiger charge is 2.32. The average Bonchev–Trinajstić information content (AvgIpc) is 3.22. The van der Waals surface area contributed by atoms with E-state index in [1.165, 1.54) is 11.0 Å². The van der Waals surface area contributed by atoms with Gasteiger partial charge in [0.1, 0.15) is 11.5 Å². The Balaban J connectivity index is 1.55. The Morgan fingerprint density at radius 2 is 1.94 bits per heavy atom. The number of amides is 2. The molecule has 0 saturated carbocycles. The molecule has 1 unspecified atom stereocenters. The highest BCUT2D eigenvalue weighted by atomic mass is 19.1. The van der Waals surface area contributed by atoms with Gasteiger partial charge in [-0.1, -0.05) is 30.3 Å². The van der Waals surface area contributed by atoms with Gasteiger partial charge in [-0.15, -0.1) is 0 Å². The fourth-order valence-corrected chi connectivity index (χ4v) is 4.06. The van der Waals surface area contributed by atoms with Crippen LogP contribution in [0.4, 0.5) is 10.1 Å². The lowest BCUT2D eigenvalue weighted by molar-refractivity contribution is -0.119. The molecule has 0 radical (unpaired) electrons. The number of ether oxygens (including phenoxy) is 1. The zero-order valence-corrected chi connectivity index (χ0v) is 17.4. The number of benzodiazepines with no additional fused rings is 1. The maximum Gasteiger partial charge on any atom is 0.272 e. The second-order valence-corrected chi connectivity index (χ2v) is 7.74. The van der Waals surface area contributed by atoms with Crippen LogP contribution in [0.2, 0.25) is 0 Å². The summed E-state index contributed by atoms with van der Waals surface area (Å²) in [7, 11) is 1.62. The highest BCUT2D eigenvalue weighted by molar-refractivity contribution is 6.20. The number of aromatic nitrogens is 1. The van der Waals surface area contributed by atoms with E-state index in [-0.39, 0.29) is 5.56 Å². The standard InChI is InChI=1S/C24H21FN4O3/c1-29-20-9-5-3-7-16(20)21(15-6-2-4-8-17(15)25)27-22(24(29)31)28-23(30)19-12-14-13-32-11-10-18(14)26-19/h2-9,12,22,26H,10-11,13H2,1H3,(H,28,30). The minimum absolute atomic E-state index is 0.259. The van der Waals surface area contributed by atoms with E-state index < -0.39 is 23.8 Å². The van der Waals surface area contributed by atoms with Crippen LogP contribution in [0.1, 0.15) is 32.9 Å². The number of H-pyrrole nitrogens is 1. The van der Waals surface area contributed by atoms with Crippen molar-refractivity contribution >= 4 is 23.2 Å². The van der Waals surface area contributed by atoms with Crippen molar-refractivity contribution in [3.05, 3.63) is 88.5 Å². The number of halogens is 1. The van der Waals surface area contributed by atoms with Crippen LogP contribution in [-0.2, 0) is 22.6 Å². The first-order chi connectivity index (χ1) is 15.5. The normalized spacial score (nSPS) is 17.8. The number of hydrogen-bond acceptors (Lipinski definition) is 4. The van der Waals surface area contributed by atoms with Crippen molar-refractivity contribution in [2.24, 2.45) is 4.99 Å². The fourth-order valence-electron chi connectivity index (χ4n) is 4.06. The van der Waals surface area contributed by atoms with Crippen LogP contribution in [-0.4, -0.2) is 42.3 Å². The molecule has 2 aliphatic heterocycles. The van der Waals surface area contributed by atoms with Gasteiger partial charge in [-0.05, 0) is 29.8 Å². The molecule has 5 rings (SSSR count). The zero-order valence-electron chi connectivity index (χ0n) is 17.4. The average molecular weight is 432 g/mol. The van der Waals surface area contributed by atoms with Gasteiger partial charge in [-0.3, -0.25) is 9.59 Å². The molecule has 32 heavy (non-hydrogen) atoms. The molecule has 2 aromatic carbocycles. The summed E-state index contributed by atoms with van der Waals surface area (Å²) in [6.45, 7) is 1.03. The van der Waals surface area contributed by atoms with Gasteiger partial charge in [-0.25, -0.2) is 9.38 Å². The molecule has 0 aliphatic carbocycles. The summed E-state index contributed by atoms with van der Waals surface area (Å²) in [5, 5.41) is 2.71. The molecule has 162 valence electrons. The molecule has 1 aromatic heterocycles. The number of nitrogens with zero attached hydrogens (tertiary/aromatic N) is 2. The van der Waals surface area contributed by atoms with Gasteiger partial charge in [0, 0.05) is 30.3 Å². The number of likely N-dealkylation sites (N-methyl/N-ethyl adjacent to an activating group) is 1. The quantitative estimate of drug-likeness (QED) is 0.667. The summed E-state index contributed by atoms with van der Waals surface area (Å²) < 4.78 is 20.1. The number of carbonyl (C=O) groups excluding carboxylic acids is 2. The van der Waals surface area contributed by atoms with Gasteiger partial charge >= 0.3 is 0 Å². The van der Waals surface area contributed by atoms with Crippen LogP contribution in [0.15, 0.2) is 59.6 Å². The third-order valence-corrected chi connectivity index (χ3v) is 5.73. The number of hydrogen-bond donors (Lipinski definition) is 2. The molecule has 3 aromatic rings. The Kier molecular flexibility index (Phi) is 5.07. The lowest BCUT2D eigenvalue weighted by Crippen LogP contribution is -2.46. The summed E-state index contributed by atoms with van der Waals surface area (Å²) in [6.07, 6.45) is -0.524. The number of carbonyl (C=O) groups is 2. The van der Waals surface area contributed by atoms with E-state index in [2.05, 4.69) is 15.3 Å². The molecule has 0 bridgehead atoms. The summed E-state index contributed by atoms with van der Waals surface area (Å²) in [5.41, 5.74) is 3.97. The SMILES string of the molecule is CN1C(=O)C(NC(=O)c2cc3c([nH]2)CCOC3)N=C(c2ccccc2F)c2ccccc21. The first-order valence-electron chi connectivity index (χ1n) is 10.3. The topological polar surface area (TPSA) is 86.8 Å². The summed E-state index contributed by atoms with van der Waals surface area (Å²) >= 11 is 0. The van der Waals surface area contributed by atoms with E-state index in [0.29, 0.717) is 42.3 Å². The van der Waals surface area contributed by atoms with Crippen molar-refractivity contribution in [1.29, 1.82) is 0 Å². The molecule has 1 atom stereocenters. The van der Waals surface area contributed by atoms with E-state index in [1.807, 2.05) is 0 Å². The van der Waals surface area contributed by atoms with Crippen molar-refractivity contribution in [3.63, 3.8) is 0 Å². The smallest absolute Gasteiger partial charge is 0.272 e. The summed E-state index contributed by atoms with van der Waals surface area (Å²) in [6, 6.07) is 15.1. The van der Waals surface area contributed by atoms with Gasteiger partial charge in [0.2, 0.25) is 6.17 Å². The minimum Gasteiger partial charge on any atom is -0.376 e. The molecule has 8 heteroatoms. The number of para-hydroxylation sites is 1. The molecule has 0 saturated heterocycles. The van der Waals surface area contributed by atoms with Crippen LogP contribution in [0.3, 0.4) is 0 Å². The molecular formula is C24H21FN4O3. The van der Waals surface area contributed by atoms with Gasteiger partial charge in [0.15, 0.2) is 0 Å². The number of aromatic amines is 1. The van der Waals surface area contributed by atoms with Crippen molar-refractivity contribution in [3.8, 4) is 0 Å². The van der Waals surface area contributed by atoms with E-state index in [0.717, 1.165) is 11.3 Å². The Hall–Kier alpha value is -3.78. The van der Waals surface area contributed by atoms with Gasteiger partial charge < -0.3 is 19.9 Å². The Morgan fingerprint density at radius 3 is 2.72 bits per heavy atom. The Morgan fingerprint density at radius 1 is 1.19 bits per heavy atom. The molecule has 2 amide bonds. The maximum absolute atomic E-state index is 14.7. The number of fused-ring (bicyclic) bond motifs is 2. The summed E-state index contributed by atoms with van der Waals surface area (Å²) in [4.78, 5) is 35.3. The van der Waals surface area contributed by atoms with Crippen LogP contribution in [0.25, 0.3) is 0 Å². The molecule has 7 nitrogen and oxygen atoms in total. The zero-order chi connectivity index (χ0) is 22.2. The van der Waals surface area contributed by atoms with Gasteiger partial charge in [0.05, 0.1) is 24.6 Å². The summed E-state index contributed by atoms with van der Waals surface area (Å²) in [5.74, 6) is -1.34. The number of benzene rings is 2. The molecule has 0 spiro atoms. The molecular weight excluding hydrogens is 411 g/mol. The Labute approximate surface area is 183 Å². The molecule has 0 fully saturated rings. The van der Waals surface area contributed by atoms with E-state index in [1.54, 1.807) is 55.6 Å². The minimum atomic E-state index is -1.22. The fraction of sp³-hybridized carbons (Fsp3) is 0.208. The first kappa shape index (κ1) is 20.1. The van der Waals surface area contributed by atoms with E-state index >= 15 is 0 Å². The van der Waals surface area contributed by atoms with E-state index in [4.69, 9.17) is 4.74 Å². The molecule has 3 heterocycles. The lowest BCUT2D eigenvalue weighted by atomic mass is 10.00. The van der Waals surface area contributed by atoms with Crippen molar-refractivity contribution < 1.29 is 18.7 Å². The third kappa shape index (κ3) is 3.48. The van der Waals surface area contributed by atoms with Crippen LogP contribution >= 0.6 is 0 Å². The van der Waals surface area contributed by atoms with Gasteiger partial charge in [0.25, 0.3) is 11.8 Å². The number of anilines is 1. The lowest BCUT2D eigenvalue weighted by Gasteiger charge is -2.20. The number of rotatable bonds is 3. The van der Waals surface area contributed by atoms with Crippen LogP contribution in [0, 0.1) is 5.82 Å². The second kappa shape index (κ2) is 8.05. The van der Waals surface area contributed by atoms with E-state index in [9.17, 15) is 14.0 Å².